The fraction of sp³-hybridized carbons (Fsp3) is 0.154. The van der Waals surface area contributed by atoms with E-state index in [2.05, 4.69) is 166 Å². The first-order valence-electron chi connectivity index (χ1n) is 19.9. The highest BCUT2D eigenvalue weighted by Crippen LogP contribution is 2.42. The number of para-hydroxylation sites is 5. The third-order valence-electron chi connectivity index (χ3n) is 11.2. The van der Waals surface area contributed by atoms with Gasteiger partial charge < -0.3 is 9.15 Å². The minimum Gasteiger partial charge on any atom is -0.457 e. The molecule has 59 heavy (non-hydrogen) atoms. The molecule has 0 aliphatic rings. The lowest BCUT2D eigenvalue weighted by molar-refractivity contribution is 0.479. The quantitative estimate of drug-likeness (QED) is 0.168. The van der Waals surface area contributed by atoms with Crippen LogP contribution in [0.2, 0.25) is 0 Å². The lowest BCUT2D eigenvalue weighted by atomic mass is 9.84. The maximum Gasteiger partial charge on any atom is 0.159 e. The first-order chi connectivity index (χ1) is 28.0. The third kappa shape index (κ3) is 6.73. The van der Waals surface area contributed by atoms with Gasteiger partial charge in [0.15, 0.2) is 5.58 Å². The molecule has 0 unspecified atom stereocenters. The van der Waals surface area contributed by atoms with Crippen LogP contribution in [-0.2, 0) is 10.8 Å². The summed E-state index contributed by atoms with van der Waals surface area (Å²) in [5, 5.41) is 2.00. The Hall–Kier alpha value is -6.63. The molecule has 0 saturated carbocycles. The summed E-state index contributed by atoms with van der Waals surface area (Å²) >= 11 is 0. The fourth-order valence-electron chi connectivity index (χ4n) is 8.04. The van der Waals surface area contributed by atoms with Gasteiger partial charge in [0, 0.05) is 28.0 Å². The Morgan fingerprint density at radius 2 is 1.22 bits per heavy atom. The second kappa shape index (κ2) is 14.3. The highest BCUT2D eigenvalue weighted by atomic mass is 35.5. The van der Waals surface area contributed by atoms with Crippen LogP contribution in [0.4, 0.5) is 0 Å². The Kier molecular flexibility index (Phi) is 9.21. The molecule has 6 nitrogen and oxygen atoms in total. The molecular weight excluding hydrogens is 748 g/mol. The van der Waals surface area contributed by atoms with Crippen LogP contribution in [0.1, 0.15) is 52.7 Å². The van der Waals surface area contributed by atoms with E-state index in [4.69, 9.17) is 19.1 Å². The number of hydrogen-bond donors (Lipinski definition) is 0. The minimum absolute atomic E-state index is 0. The summed E-state index contributed by atoms with van der Waals surface area (Å²) < 4.78 is 18.0. The van der Waals surface area contributed by atoms with Crippen molar-refractivity contribution < 1.29 is 9.15 Å². The molecule has 0 saturated heterocycles. The van der Waals surface area contributed by atoms with Crippen LogP contribution >= 0.6 is 12.4 Å². The molecule has 0 aliphatic heterocycles. The molecule has 0 aliphatic carbocycles. The molecule has 0 N–H and O–H groups in total. The SMILES string of the molecule is CC(C)(C)c1cc(Oc2cc(-n3cnc4ccccc43)c3oc4ccccc4c3c2)cc(-c2nc3ccccc3n2-c2ccc(C(C)(C)C)cc2-c2ccccc2)c1.Cl. The van der Waals surface area contributed by atoms with Crippen molar-refractivity contribution in [1.29, 1.82) is 0 Å². The van der Waals surface area contributed by atoms with Crippen LogP contribution in [0.5, 0.6) is 11.5 Å². The van der Waals surface area contributed by atoms with Gasteiger partial charge in [-0.3, -0.25) is 9.13 Å². The summed E-state index contributed by atoms with van der Waals surface area (Å²) in [4.78, 5) is 10.1. The number of hydrogen-bond acceptors (Lipinski definition) is 4. The molecule has 0 radical (unpaired) electrons. The van der Waals surface area contributed by atoms with Crippen molar-refractivity contribution in [2.24, 2.45) is 0 Å². The molecular formula is C52H45ClN4O2. The van der Waals surface area contributed by atoms with Crippen molar-refractivity contribution in [1.82, 2.24) is 19.1 Å². The monoisotopic (exact) mass is 792 g/mol. The van der Waals surface area contributed by atoms with E-state index in [1.165, 1.54) is 5.56 Å². The molecule has 0 amide bonds. The minimum atomic E-state index is -0.180. The molecule has 3 aromatic heterocycles. The molecule has 7 heteroatoms. The largest absolute Gasteiger partial charge is 0.457 e. The second-order valence-electron chi connectivity index (χ2n) is 17.2. The van der Waals surface area contributed by atoms with E-state index in [1.54, 1.807) is 0 Å². The van der Waals surface area contributed by atoms with Crippen LogP contribution in [0, 0.1) is 0 Å². The summed E-state index contributed by atoms with van der Waals surface area (Å²) in [6, 6.07) is 52.9. The topological polar surface area (TPSA) is 58.0 Å². The van der Waals surface area contributed by atoms with Crippen LogP contribution in [-0.4, -0.2) is 19.1 Å². The van der Waals surface area contributed by atoms with Gasteiger partial charge in [-0.25, -0.2) is 9.97 Å². The molecule has 292 valence electrons. The van der Waals surface area contributed by atoms with E-state index in [0.717, 1.165) is 89.2 Å². The molecule has 3 heterocycles. The van der Waals surface area contributed by atoms with Gasteiger partial charge in [0.2, 0.25) is 0 Å². The predicted octanol–water partition coefficient (Wildman–Crippen LogP) is 14.4. The third-order valence-corrected chi connectivity index (χ3v) is 11.2. The Bertz CT molecular complexity index is 3180. The Labute approximate surface area is 350 Å². The van der Waals surface area contributed by atoms with Gasteiger partial charge in [-0.05, 0) is 94.3 Å². The van der Waals surface area contributed by atoms with Crippen LogP contribution in [0.15, 0.2) is 162 Å². The van der Waals surface area contributed by atoms with Gasteiger partial charge in [0.1, 0.15) is 29.2 Å². The summed E-state index contributed by atoms with van der Waals surface area (Å²) in [5.41, 5.74) is 12.9. The van der Waals surface area contributed by atoms with Gasteiger partial charge in [-0.2, -0.15) is 0 Å². The normalized spacial score (nSPS) is 12.1. The lowest BCUT2D eigenvalue weighted by Crippen LogP contribution is -2.12. The zero-order valence-electron chi connectivity index (χ0n) is 34.0. The highest BCUT2D eigenvalue weighted by molar-refractivity contribution is 6.08. The Morgan fingerprint density at radius 1 is 0.542 bits per heavy atom. The zero-order valence-corrected chi connectivity index (χ0v) is 34.8. The van der Waals surface area contributed by atoms with Gasteiger partial charge >= 0.3 is 0 Å². The van der Waals surface area contributed by atoms with E-state index >= 15 is 0 Å². The number of benzene rings is 7. The maximum atomic E-state index is 7.01. The van der Waals surface area contributed by atoms with Gasteiger partial charge in [0.25, 0.3) is 0 Å². The van der Waals surface area contributed by atoms with E-state index in [1.807, 2.05) is 42.7 Å². The van der Waals surface area contributed by atoms with Gasteiger partial charge in [-0.15, -0.1) is 12.4 Å². The van der Waals surface area contributed by atoms with Gasteiger partial charge in [-0.1, -0.05) is 120 Å². The molecule has 10 rings (SSSR count). The number of imidazole rings is 2. The smallest absolute Gasteiger partial charge is 0.159 e. The molecule has 0 fully saturated rings. The molecule has 7 aromatic carbocycles. The highest BCUT2D eigenvalue weighted by Gasteiger charge is 2.24. The van der Waals surface area contributed by atoms with Crippen LogP contribution < -0.4 is 4.74 Å². The number of aromatic nitrogens is 4. The van der Waals surface area contributed by atoms with E-state index in [-0.39, 0.29) is 23.2 Å². The first kappa shape index (κ1) is 37.9. The average Bonchev–Trinajstić information content (AvgIpc) is 3.94. The Balaban J connectivity index is 0.00000449. The summed E-state index contributed by atoms with van der Waals surface area (Å²) in [6.45, 7) is 13.5. The van der Waals surface area contributed by atoms with Crippen molar-refractivity contribution in [3.8, 4) is 45.4 Å². The summed E-state index contributed by atoms with van der Waals surface area (Å²) in [6.07, 6.45) is 1.86. The van der Waals surface area contributed by atoms with Crippen molar-refractivity contribution in [2.75, 3.05) is 0 Å². The van der Waals surface area contributed by atoms with Crippen LogP contribution in [0.25, 0.3) is 77.9 Å². The van der Waals surface area contributed by atoms with E-state index in [0.29, 0.717) is 5.75 Å². The zero-order chi connectivity index (χ0) is 39.8. The molecule has 0 spiro atoms. The second-order valence-corrected chi connectivity index (χ2v) is 17.2. The number of rotatable bonds is 6. The molecule has 10 aromatic rings. The average molecular weight is 793 g/mol. The number of ether oxygens (including phenoxy) is 1. The fourth-order valence-corrected chi connectivity index (χ4v) is 8.04. The van der Waals surface area contributed by atoms with Crippen molar-refractivity contribution in [3.63, 3.8) is 0 Å². The van der Waals surface area contributed by atoms with Crippen LogP contribution in [0.3, 0.4) is 0 Å². The van der Waals surface area contributed by atoms with E-state index in [9.17, 15) is 0 Å². The van der Waals surface area contributed by atoms with Gasteiger partial charge in [0.05, 0.1) is 33.4 Å². The lowest BCUT2D eigenvalue weighted by Gasteiger charge is -2.24. The van der Waals surface area contributed by atoms with E-state index < -0.39 is 0 Å². The first-order valence-corrected chi connectivity index (χ1v) is 19.9. The number of nitrogens with zero attached hydrogens (tertiary/aromatic N) is 4. The predicted molar refractivity (Wildman–Crippen MR) is 245 cm³/mol. The number of furan rings is 1. The summed E-state index contributed by atoms with van der Waals surface area (Å²) in [7, 11) is 0. The Morgan fingerprint density at radius 3 is 2.00 bits per heavy atom. The van der Waals surface area contributed by atoms with Crippen molar-refractivity contribution >= 4 is 56.4 Å². The number of halogens is 1. The summed E-state index contributed by atoms with van der Waals surface area (Å²) in [5.74, 6) is 2.27. The standard InChI is InChI=1S/C52H44N4O2.ClH/c1-51(2,3)35-24-25-44(40(29-35)33-16-8-7-9-17-33)56-46-22-14-12-20-43(46)54-50(56)34-26-36(52(4,5)6)28-37(27-34)57-38-30-41-39-18-10-15-23-48(39)58-49(41)47(31-38)55-32-53-42-19-11-13-21-45(42)55;/h7-32H,1-6H3;1H. The van der Waals surface area contributed by atoms with Crippen molar-refractivity contribution in [3.05, 3.63) is 169 Å². The molecule has 0 atom stereocenters. The molecule has 0 bridgehead atoms. The maximum absolute atomic E-state index is 7.01. The van der Waals surface area contributed by atoms with Crippen molar-refractivity contribution in [2.45, 2.75) is 52.4 Å². The number of fused-ring (bicyclic) bond motifs is 5.